The van der Waals surface area contributed by atoms with E-state index in [2.05, 4.69) is 30.1 Å². The standard InChI is InChI=1S/C14H22N2O/c1-11(2)12-3-4-14(17)13(9-12)10-16-7-5-15-6-8-16/h3-4,9,11,15,17H,5-8,10H2,1-2H3. The molecule has 1 aliphatic rings. The van der Waals surface area contributed by atoms with Crippen LogP contribution in [-0.2, 0) is 6.54 Å². The number of phenols is 1. The molecule has 1 aliphatic heterocycles. The first-order chi connectivity index (χ1) is 8.16. The Labute approximate surface area is 103 Å². The van der Waals surface area contributed by atoms with Gasteiger partial charge in [-0.05, 0) is 17.5 Å². The van der Waals surface area contributed by atoms with Gasteiger partial charge in [0.25, 0.3) is 0 Å². The smallest absolute Gasteiger partial charge is 0.120 e. The molecule has 0 amide bonds. The molecule has 3 nitrogen and oxygen atoms in total. The normalized spacial score (nSPS) is 17.6. The summed E-state index contributed by atoms with van der Waals surface area (Å²) in [5, 5.41) is 13.2. The molecule has 0 unspecified atom stereocenters. The Balaban J connectivity index is 2.10. The van der Waals surface area contributed by atoms with Crippen molar-refractivity contribution >= 4 is 0 Å². The van der Waals surface area contributed by atoms with Crippen LogP contribution in [0.2, 0.25) is 0 Å². The summed E-state index contributed by atoms with van der Waals surface area (Å²) in [6.45, 7) is 9.43. The number of nitrogens with one attached hydrogen (secondary N) is 1. The van der Waals surface area contributed by atoms with Crippen LogP contribution in [0.4, 0.5) is 0 Å². The number of hydrogen-bond donors (Lipinski definition) is 2. The molecule has 1 fully saturated rings. The van der Waals surface area contributed by atoms with Gasteiger partial charge < -0.3 is 10.4 Å². The SMILES string of the molecule is CC(C)c1ccc(O)c(CN2CCNCC2)c1. The van der Waals surface area contributed by atoms with E-state index in [1.54, 1.807) is 0 Å². The highest BCUT2D eigenvalue weighted by Crippen LogP contribution is 2.24. The number of hydrogen-bond acceptors (Lipinski definition) is 3. The van der Waals surface area contributed by atoms with Crippen LogP contribution in [-0.4, -0.2) is 36.2 Å². The molecule has 0 atom stereocenters. The molecule has 2 N–H and O–H groups in total. The Bertz CT molecular complexity index is 370. The highest BCUT2D eigenvalue weighted by atomic mass is 16.3. The molecule has 3 heteroatoms. The maximum atomic E-state index is 9.91. The van der Waals surface area contributed by atoms with Crippen molar-refractivity contribution in [2.75, 3.05) is 26.2 Å². The number of aromatic hydroxyl groups is 1. The molecule has 0 aliphatic carbocycles. The summed E-state index contributed by atoms with van der Waals surface area (Å²) in [7, 11) is 0. The average Bonchev–Trinajstić information content (AvgIpc) is 2.33. The molecule has 2 rings (SSSR count). The molecule has 0 aromatic heterocycles. The average molecular weight is 234 g/mol. The molecule has 1 saturated heterocycles. The molecular formula is C14H22N2O. The third kappa shape index (κ3) is 3.20. The van der Waals surface area contributed by atoms with Crippen LogP contribution >= 0.6 is 0 Å². The molecule has 0 spiro atoms. The van der Waals surface area contributed by atoms with Gasteiger partial charge in [0, 0.05) is 38.3 Å². The van der Waals surface area contributed by atoms with Crippen molar-refractivity contribution < 1.29 is 5.11 Å². The Kier molecular flexibility index (Phi) is 4.02. The lowest BCUT2D eigenvalue weighted by atomic mass is 10.00. The molecular weight excluding hydrogens is 212 g/mol. The lowest BCUT2D eigenvalue weighted by molar-refractivity contribution is 0.230. The van der Waals surface area contributed by atoms with E-state index in [0.717, 1.165) is 38.3 Å². The predicted molar refractivity (Wildman–Crippen MR) is 70.3 cm³/mol. The molecule has 0 radical (unpaired) electrons. The summed E-state index contributed by atoms with van der Waals surface area (Å²) in [4.78, 5) is 2.38. The first-order valence-corrected chi connectivity index (χ1v) is 6.41. The van der Waals surface area contributed by atoms with E-state index in [1.807, 2.05) is 12.1 Å². The molecule has 17 heavy (non-hydrogen) atoms. The summed E-state index contributed by atoms with van der Waals surface area (Å²) in [6, 6.07) is 5.98. The van der Waals surface area contributed by atoms with Gasteiger partial charge in [0.2, 0.25) is 0 Å². The first kappa shape index (κ1) is 12.4. The molecule has 0 bridgehead atoms. The van der Waals surface area contributed by atoms with Gasteiger partial charge in [-0.1, -0.05) is 26.0 Å². The van der Waals surface area contributed by atoms with E-state index in [1.165, 1.54) is 5.56 Å². The fourth-order valence-corrected chi connectivity index (χ4v) is 2.20. The van der Waals surface area contributed by atoms with Crippen LogP contribution in [0.5, 0.6) is 5.75 Å². The molecule has 0 saturated carbocycles. The fraction of sp³-hybridized carbons (Fsp3) is 0.571. The third-order valence-electron chi connectivity index (χ3n) is 3.37. The van der Waals surface area contributed by atoms with Crippen LogP contribution < -0.4 is 5.32 Å². The Hall–Kier alpha value is -1.06. The monoisotopic (exact) mass is 234 g/mol. The first-order valence-electron chi connectivity index (χ1n) is 6.41. The highest BCUT2D eigenvalue weighted by molar-refractivity contribution is 5.37. The van der Waals surface area contributed by atoms with Crippen molar-refractivity contribution in [2.24, 2.45) is 0 Å². The molecule has 1 aromatic rings. The van der Waals surface area contributed by atoms with E-state index in [0.29, 0.717) is 11.7 Å². The van der Waals surface area contributed by atoms with Gasteiger partial charge in [0.15, 0.2) is 0 Å². The van der Waals surface area contributed by atoms with Gasteiger partial charge in [-0.2, -0.15) is 0 Å². The number of nitrogens with zero attached hydrogens (tertiary/aromatic N) is 1. The van der Waals surface area contributed by atoms with Crippen molar-refractivity contribution in [2.45, 2.75) is 26.3 Å². The summed E-state index contributed by atoms with van der Waals surface area (Å²) in [6.07, 6.45) is 0. The zero-order valence-electron chi connectivity index (χ0n) is 10.7. The quantitative estimate of drug-likeness (QED) is 0.838. The molecule has 1 aromatic carbocycles. The van der Waals surface area contributed by atoms with Crippen molar-refractivity contribution in [1.29, 1.82) is 0 Å². The summed E-state index contributed by atoms with van der Waals surface area (Å²) in [5.41, 5.74) is 2.35. The summed E-state index contributed by atoms with van der Waals surface area (Å²) in [5.74, 6) is 0.935. The lowest BCUT2D eigenvalue weighted by Crippen LogP contribution is -2.42. The minimum absolute atomic E-state index is 0.424. The van der Waals surface area contributed by atoms with E-state index in [-0.39, 0.29) is 0 Å². The summed E-state index contributed by atoms with van der Waals surface area (Å²) >= 11 is 0. The van der Waals surface area contributed by atoms with Crippen molar-refractivity contribution in [1.82, 2.24) is 10.2 Å². The lowest BCUT2D eigenvalue weighted by Gasteiger charge is -2.27. The zero-order chi connectivity index (χ0) is 12.3. The van der Waals surface area contributed by atoms with E-state index < -0.39 is 0 Å². The Morgan fingerprint density at radius 2 is 2.00 bits per heavy atom. The Morgan fingerprint density at radius 1 is 1.29 bits per heavy atom. The molecule has 1 heterocycles. The second-order valence-corrected chi connectivity index (χ2v) is 5.07. The summed E-state index contributed by atoms with van der Waals surface area (Å²) < 4.78 is 0. The van der Waals surface area contributed by atoms with Crippen LogP contribution in [0.15, 0.2) is 18.2 Å². The number of phenolic OH excluding ortho intramolecular Hbond substituents is 1. The van der Waals surface area contributed by atoms with Gasteiger partial charge in [0.05, 0.1) is 0 Å². The van der Waals surface area contributed by atoms with Gasteiger partial charge >= 0.3 is 0 Å². The zero-order valence-corrected chi connectivity index (χ0v) is 10.7. The fourth-order valence-electron chi connectivity index (χ4n) is 2.20. The van der Waals surface area contributed by atoms with Gasteiger partial charge in [-0.3, -0.25) is 4.90 Å². The Morgan fingerprint density at radius 3 is 2.65 bits per heavy atom. The van der Waals surface area contributed by atoms with E-state index >= 15 is 0 Å². The maximum absolute atomic E-state index is 9.91. The van der Waals surface area contributed by atoms with Gasteiger partial charge in [-0.25, -0.2) is 0 Å². The molecule has 94 valence electrons. The largest absolute Gasteiger partial charge is 0.508 e. The third-order valence-corrected chi connectivity index (χ3v) is 3.37. The topological polar surface area (TPSA) is 35.5 Å². The number of benzene rings is 1. The minimum atomic E-state index is 0.424. The second-order valence-electron chi connectivity index (χ2n) is 5.07. The second kappa shape index (κ2) is 5.52. The maximum Gasteiger partial charge on any atom is 0.120 e. The van der Waals surface area contributed by atoms with Crippen molar-refractivity contribution in [3.63, 3.8) is 0 Å². The number of rotatable bonds is 3. The highest BCUT2D eigenvalue weighted by Gasteiger charge is 2.13. The van der Waals surface area contributed by atoms with Gasteiger partial charge in [-0.15, -0.1) is 0 Å². The van der Waals surface area contributed by atoms with Gasteiger partial charge in [0.1, 0.15) is 5.75 Å². The van der Waals surface area contributed by atoms with Crippen LogP contribution in [0.3, 0.4) is 0 Å². The van der Waals surface area contributed by atoms with Crippen LogP contribution in [0.1, 0.15) is 30.9 Å². The minimum Gasteiger partial charge on any atom is -0.508 e. The van der Waals surface area contributed by atoms with E-state index in [9.17, 15) is 5.11 Å². The number of piperazine rings is 1. The van der Waals surface area contributed by atoms with Crippen molar-refractivity contribution in [3.05, 3.63) is 29.3 Å². The van der Waals surface area contributed by atoms with Crippen LogP contribution in [0.25, 0.3) is 0 Å². The van der Waals surface area contributed by atoms with E-state index in [4.69, 9.17) is 0 Å². The van der Waals surface area contributed by atoms with Crippen LogP contribution in [0, 0.1) is 0 Å². The predicted octanol–water partition coefficient (Wildman–Crippen LogP) is 1.92. The van der Waals surface area contributed by atoms with Crippen molar-refractivity contribution in [3.8, 4) is 5.75 Å².